The maximum atomic E-state index is 13.2. The molecule has 0 saturated carbocycles. The Morgan fingerprint density at radius 1 is 0.909 bits per heavy atom. The van der Waals surface area contributed by atoms with Crippen molar-refractivity contribution in [3.8, 4) is 0 Å². The van der Waals surface area contributed by atoms with Gasteiger partial charge in [0, 0.05) is 64.1 Å². The van der Waals surface area contributed by atoms with E-state index in [0.717, 1.165) is 18.7 Å². The van der Waals surface area contributed by atoms with Crippen LogP contribution >= 0.6 is 0 Å². The summed E-state index contributed by atoms with van der Waals surface area (Å²) in [6, 6.07) is 14.7. The lowest BCUT2D eigenvalue weighted by Crippen LogP contribution is -2.47. The van der Waals surface area contributed by atoms with Gasteiger partial charge in [-0.25, -0.2) is 8.42 Å². The number of rotatable bonds is 6. The highest BCUT2D eigenvalue weighted by molar-refractivity contribution is 7.89. The lowest BCUT2D eigenvalue weighted by atomic mass is 10.1. The molecule has 7 nitrogen and oxygen atoms in total. The fraction of sp³-hybridized carbons (Fsp3) is 0.480. The van der Waals surface area contributed by atoms with E-state index in [-0.39, 0.29) is 10.8 Å². The molecule has 2 aliphatic rings. The summed E-state index contributed by atoms with van der Waals surface area (Å²) >= 11 is 0. The van der Waals surface area contributed by atoms with Gasteiger partial charge in [0.15, 0.2) is 0 Å². The molecule has 1 amide bonds. The van der Waals surface area contributed by atoms with Gasteiger partial charge in [-0.15, -0.1) is 0 Å². The van der Waals surface area contributed by atoms with Crippen LogP contribution in [0, 0.1) is 0 Å². The smallest absolute Gasteiger partial charge is 0.253 e. The van der Waals surface area contributed by atoms with Gasteiger partial charge < -0.3 is 14.7 Å². The zero-order valence-corrected chi connectivity index (χ0v) is 20.4. The Balaban J connectivity index is 1.50. The number of hydrogen-bond donors (Lipinski definition) is 0. The molecule has 178 valence electrons. The summed E-state index contributed by atoms with van der Waals surface area (Å²) in [5, 5.41) is 0. The van der Waals surface area contributed by atoms with Crippen LogP contribution in [0.2, 0.25) is 0 Å². The molecule has 0 aliphatic carbocycles. The summed E-state index contributed by atoms with van der Waals surface area (Å²) in [6.45, 7) is 4.89. The third-order valence-electron chi connectivity index (χ3n) is 6.62. The molecule has 4 rings (SSSR count). The minimum Gasteiger partial charge on any atom is -0.371 e. The second-order valence-electron chi connectivity index (χ2n) is 9.07. The van der Waals surface area contributed by atoms with Gasteiger partial charge in [-0.1, -0.05) is 24.3 Å². The zero-order valence-electron chi connectivity index (χ0n) is 19.6. The average molecular weight is 471 g/mol. The lowest BCUT2D eigenvalue weighted by Gasteiger charge is -2.32. The molecule has 0 radical (unpaired) electrons. The summed E-state index contributed by atoms with van der Waals surface area (Å²) in [6.07, 6.45) is 3.65. The number of piperazine rings is 1. The summed E-state index contributed by atoms with van der Waals surface area (Å²) in [5.41, 5.74) is 2.68. The van der Waals surface area contributed by atoms with E-state index in [1.54, 1.807) is 30.1 Å². The van der Waals surface area contributed by atoms with Crippen molar-refractivity contribution in [2.75, 3.05) is 58.3 Å². The Bertz CT molecular complexity index is 1070. The highest BCUT2D eigenvalue weighted by Gasteiger charge is 2.28. The third-order valence-corrected chi connectivity index (χ3v) is 8.52. The van der Waals surface area contributed by atoms with Crippen molar-refractivity contribution in [1.29, 1.82) is 0 Å². The second-order valence-corrected chi connectivity index (χ2v) is 11.0. The highest BCUT2D eigenvalue weighted by atomic mass is 32.2. The molecular weight excluding hydrogens is 436 g/mol. The van der Waals surface area contributed by atoms with E-state index < -0.39 is 10.0 Å². The first-order chi connectivity index (χ1) is 15.9. The topological polar surface area (TPSA) is 64.2 Å². The molecule has 0 bridgehead atoms. The number of amides is 1. The maximum absolute atomic E-state index is 13.2. The first-order valence-corrected chi connectivity index (χ1v) is 13.2. The van der Waals surface area contributed by atoms with E-state index in [1.165, 1.54) is 35.3 Å². The van der Waals surface area contributed by atoms with Crippen LogP contribution in [0.15, 0.2) is 53.4 Å². The van der Waals surface area contributed by atoms with Gasteiger partial charge in [0.25, 0.3) is 5.91 Å². The Kier molecular flexibility index (Phi) is 7.36. The standard InChI is InChI=1S/C25H34N4O3S/c1-26-15-17-29(18-16-26)33(31,32)23-11-8-10-21(19-23)25(30)27(2)20-22-9-4-5-12-24(22)28-13-6-3-7-14-28/h4-5,8-12,19H,3,6-7,13-18,20H2,1-2H3. The Hall–Kier alpha value is -2.42. The molecule has 2 fully saturated rings. The summed E-state index contributed by atoms with van der Waals surface area (Å²) < 4.78 is 27.8. The van der Waals surface area contributed by atoms with Crippen molar-refractivity contribution in [2.24, 2.45) is 0 Å². The Morgan fingerprint density at radius 3 is 2.33 bits per heavy atom. The average Bonchev–Trinajstić information content (AvgIpc) is 2.85. The molecule has 0 aromatic heterocycles. The second kappa shape index (κ2) is 10.2. The number of para-hydroxylation sites is 1. The fourth-order valence-corrected chi connectivity index (χ4v) is 6.07. The molecule has 2 heterocycles. The zero-order chi connectivity index (χ0) is 23.4. The molecule has 0 N–H and O–H groups in total. The number of carbonyl (C=O) groups excluding carboxylic acids is 1. The van der Waals surface area contributed by atoms with Crippen molar-refractivity contribution >= 4 is 21.6 Å². The third kappa shape index (κ3) is 5.39. The molecular formula is C25H34N4O3S. The number of sulfonamides is 1. The van der Waals surface area contributed by atoms with E-state index in [9.17, 15) is 13.2 Å². The maximum Gasteiger partial charge on any atom is 0.253 e. The number of likely N-dealkylation sites (N-methyl/N-ethyl adjacent to an activating group) is 1. The van der Waals surface area contributed by atoms with E-state index in [4.69, 9.17) is 0 Å². The van der Waals surface area contributed by atoms with Gasteiger partial charge in [-0.2, -0.15) is 4.31 Å². The molecule has 2 aromatic carbocycles. The Morgan fingerprint density at radius 2 is 1.61 bits per heavy atom. The number of hydrogen-bond acceptors (Lipinski definition) is 5. The van der Waals surface area contributed by atoms with Crippen LogP contribution in [-0.4, -0.2) is 81.8 Å². The van der Waals surface area contributed by atoms with Crippen molar-refractivity contribution in [3.05, 3.63) is 59.7 Å². The number of piperidine rings is 1. The van der Waals surface area contributed by atoms with Gasteiger partial charge in [-0.05, 0) is 56.1 Å². The summed E-state index contributed by atoms with van der Waals surface area (Å²) in [5.74, 6) is -0.182. The monoisotopic (exact) mass is 470 g/mol. The molecule has 2 aliphatic heterocycles. The molecule has 0 unspecified atom stereocenters. The SMILES string of the molecule is CN1CCN(S(=O)(=O)c2cccc(C(=O)N(C)Cc3ccccc3N3CCCCC3)c2)CC1. The molecule has 2 aromatic rings. The van der Waals surface area contributed by atoms with E-state index in [0.29, 0.717) is 38.3 Å². The van der Waals surface area contributed by atoms with E-state index in [2.05, 4.69) is 21.9 Å². The number of benzene rings is 2. The van der Waals surface area contributed by atoms with E-state index in [1.807, 2.05) is 19.2 Å². The molecule has 0 spiro atoms. The number of carbonyl (C=O) groups is 1. The molecule has 8 heteroatoms. The van der Waals surface area contributed by atoms with Crippen LogP contribution in [0.3, 0.4) is 0 Å². The van der Waals surface area contributed by atoms with E-state index >= 15 is 0 Å². The van der Waals surface area contributed by atoms with Crippen LogP contribution in [0.1, 0.15) is 35.2 Å². The molecule has 33 heavy (non-hydrogen) atoms. The first kappa shape index (κ1) is 23.7. The van der Waals surface area contributed by atoms with Gasteiger partial charge in [0.2, 0.25) is 10.0 Å². The van der Waals surface area contributed by atoms with Crippen LogP contribution in [0.4, 0.5) is 5.69 Å². The van der Waals surface area contributed by atoms with Crippen molar-refractivity contribution in [3.63, 3.8) is 0 Å². The van der Waals surface area contributed by atoms with Crippen molar-refractivity contribution in [1.82, 2.24) is 14.1 Å². The minimum atomic E-state index is -3.62. The lowest BCUT2D eigenvalue weighted by molar-refractivity contribution is 0.0785. The van der Waals surface area contributed by atoms with Crippen LogP contribution in [-0.2, 0) is 16.6 Å². The molecule has 2 saturated heterocycles. The molecule has 0 atom stereocenters. The van der Waals surface area contributed by atoms with Crippen molar-refractivity contribution < 1.29 is 13.2 Å². The number of nitrogens with zero attached hydrogens (tertiary/aromatic N) is 4. The largest absolute Gasteiger partial charge is 0.371 e. The fourth-order valence-electron chi connectivity index (χ4n) is 4.60. The number of anilines is 1. The van der Waals surface area contributed by atoms with Crippen LogP contribution < -0.4 is 4.90 Å². The minimum absolute atomic E-state index is 0.181. The van der Waals surface area contributed by atoms with Gasteiger partial charge in [0.1, 0.15) is 0 Å². The van der Waals surface area contributed by atoms with Crippen LogP contribution in [0.5, 0.6) is 0 Å². The quantitative estimate of drug-likeness (QED) is 0.650. The Labute approximate surface area is 197 Å². The van der Waals surface area contributed by atoms with Gasteiger partial charge in [-0.3, -0.25) is 4.79 Å². The predicted octanol–water partition coefficient (Wildman–Crippen LogP) is 2.89. The van der Waals surface area contributed by atoms with Crippen molar-refractivity contribution in [2.45, 2.75) is 30.7 Å². The normalized spacial score (nSPS) is 18.3. The summed E-state index contributed by atoms with van der Waals surface area (Å²) in [4.78, 5) is 19.6. The highest BCUT2D eigenvalue weighted by Crippen LogP contribution is 2.26. The first-order valence-electron chi connectivity index (χ1n) is 11.7. The van der Waals surface area contributed by atoms with Crippen LogP contribution in [0.25, 0.3) is 0 Å². The van der Waals surface area contributed by atoms with Gasteiger partial charge in [0.05, 0.1) is 4.90 Å². The van der Waals surface area contributed by atoms with Gasteiger partial charge >= 0.3 is 0 Å². The predicted molar refractivity (Wildman–Crippen MR) is 131 cm³/mol. The summed E-state index contributed by atoms with van der Waals surface area (Å²) in [7, 11) is 0.145.